The maximum atomic E-state index is 3.58. The fourth-order valence-electron chi connectivity index (χ4n) is 0.0471. The van der Waals surface area contributed by atoms with Crippen molar-refractivity contribution >= 4 is 0 Å². The Morgan fingerprint density at radius 3 is 1.75 bits per heavy atom. The van der Waals surface area contributed by atoms with Gasteiger partial charge in [0, 0.05) is 0 Å². The summed E-state index contributed by atoms with van der Waals surface area (Å²) in [6.45, 7) is 0. The topological polar surface area (TPSA) is 24.7 Å². The summed E-state index contributed by atoms with van der Waals surface area (Å²) in [6, 6.07) is 0. The first-order valence-electron chi connectivity index (χ1n) is 1.12. The zero-order valence-corrected chi connectivity index (χ0v) is 5.15. The molecule has 1 aliphatic heterocycles. The van der Waals surface area contributed by atoms with E-state index in [1.807, 2.05) is 0 Å². The third kappa shape index (κ3) is 0.320. The first-order valence-corrected chi connectivity index (χ1v) is 2.84. The summed E-state index contributed by atoms with van der Waals surface area (Å²) < 4.78 is 0.458. The maximum absolute atomic E-state index is 3.58. The number of rotatable bonds is 0. The second-order valence-corrected chi connectivity index (χ2v) is 2.24. The standard InChI is InChI=1S/CHN2.Zn/c1-2-3-1;/h1H;. The van der Waals surface area contributed by atoms with Crippen molar-refractivity contribution in [1.29, 1.82) is 0 Å². The van der Waals surface area contributed by atoms with E-state index in [9.17, 15) is 0 Å². The zero-order chi connectivity index (χ0) is 2.99. The van der Waals surface area contributed by atoms with E-state index in [1.165, 1.54) is 18.3 Å². The molecule has 0 aromatic rings. The SMILES string of the molecule is [Zn][CH]1N=N1. The molecule has 0 aromatic carbocycles. The van der Waals surface area contributed by atoms with Crippen LogP contribution >= 0.6 is 0 Å². The van der Waals surface area contributed by atoms with Crippen LogP contribution in [0.1, 0.15) is 0 Å². The molecule has 0 bridgehead atoms. The summed E-state index contributed by atoms with van der Waals surface area (Å²) in [5.74, 6) is 0. The van der Waals surface area contributed by atoms with Crippen molar-refractivity contribution in [3.63, 3.8) is 0 Å². The minimum atomic E-state index is 0.458. The van der Waals surface area contributed by atoms with Crippen LogP contribution in [0.25, 0.3) is 0 Å². The summed E-state index contributed by atoms with van der Waals surface area (Å²) in [5.41, 5.74) is 0. The Labute approximate surface area is 34.0 Å². The van der Waals surface area contributed by atoms with Crippen molar-refractivity contribution in [2.24, 2.45) is 10.2 Å². The van der Waals surface area contributed by atoms with Crippen LogP contribution in [0, 0.1) is 0 Å². The molecule has 0 N–H and O–H groups in total. The predicted molar refractivity (Wildman–Crippen MR) is 8.64 cm³/mol. The molecule has 0 saturated carbocycles. The first kappa shape index (κ1) is 2.46. The van der Waals surface area contributed by atoms with Gasteiger partial charge in [-0.15, -0.1) is 0 Å². The second-order valence-electron chi connectivity index (χ2n) is 0.712. The zero-order valence-electron chi connectivity index (χ0n) is 2.18. The van der Waals surface area contributed by atoms with E-state index in [-0.39, 0.29) is 0 Å². The molecule has 2 nitrogen and oxygen atoms in total. The van der Waals surface area contributed by atoms with Crippen LogP contribution in [0.15, 0.2) is 10.2 Å². The van der Waals surface area contributed by atoms with Crippen LogP contribution in [0.4, 0.5) is 0 Å². The van der Waals surface area contributed by atoms with E-state index in [0.717, 1.165) is 0 Å². The van der Waals surface area contributed by atoms with E-state index < -0.39 is 0 Å². The summed E-state index contributed by atoms with van der Waals surface area (Å²) >= 11 is 1.21. The summed E-state index contributed by atoms with van der Waals surface area (Å²) in [7, 11) is 0. The minimum absolute atomic E-state index is 0.458. The van der Waals surface area contributed by atoms with Gasteiger partial charge in [-0.3, -0.25) is 0 Å². The van der Waals surface area contributed by atoms with Crippen molar-refractivity contribution in [2.75, 3.05) is 0 Å². The van der Waals surface area contributed by atoms with Gasteiger partial charge in [-0.1, -0.05) is 0 Å². The van der Waals surface area contributed by atoms with Crippen LogP contribution < -0.4 is 0 Å². The van der Waals surface area contributed by atoms with Crippen LogP contribution in [-0.4, -0.2) is 4.76 Å². The molecular weight excluding hydrogens is 105 g/mol. The van der Waals surface area contributed by atoms with E-state index in [4.69, 9.17) is 0 Å². The monoisotopic (exact) mass is 105 g/mol. The molecule has 0 spiro atoms. The summed E-state index contributed by atoms with van der Waals surface area (Å²) in [5, 5.41) is 7.17. The molecular formula is CHN2Zn. The molecule has 0 radical (unpaired) electrons. The average Bonchev–Trinajstić information content (AvgIpc) is 1.75. The third-order valence-electron chi connectivity index (χ3n) is 0.279. The molecule has 4 heavy (non-hydrogen) atoms. The first-order chi connectivity index (χ1) is 1.89. The van der Waals surface area contributed by atoms with Crippen molar-refractivity contribution < 1.29 is 18.3 Å². The molecule has 1 rings (SSSR count). The molecule has 0 aliphatic carbocycles. The van der Waals surface area contributed by atoms with Crippen LogP contribution in [0.3, 0.4) is 0 Å². The van der Waals surface area contributed by atoms with E-state index in [2.05, 4.69) is 10.2 Å². The van der Waals surface area contributed by atoms with Gasteiger partial charge < -0.3 is 0 Å². The Balaban J connectivity index is 2.32. The van der Waals surface area contributed by atoms with Crippen LogP contribution in [0.2, 0.25) is 0 Å². The molecule has 3 heteroatoms. The Morgan fingerprint density at radius 1 is 1.50 bits per heavy atom. The van der Waals surface area contributed by atoms with Gasteiger partial charge in [0.1, 0.15) is 0 Å². The fourth-order valence-corrected chi connectivity index (χ4v) is 0.245. The van der Waals surface area contributed by atoms with Gasteiger partial charge in [0.25, 0.3) is 0 Å². The summed E-state index contributed by atoms with van der Waals surface area (Å²) in [4.78, 5) is 0. The molecule has 1 heterocycles. The van der Waals surface area contributed by atoms with Crippen molar-refractivity contribution in [2.45, 2.75) is 4.76 Å². The molecule has 0 unspecified atom stereocenters. The normalized spacial score (nSPS) is 22.5. The molecule has 0 fully saturated rings. The van der Waals surface area contributed by atoms with E-state index in [0.29, 0.717) is 4.76 Å². The Bertz CT molecular complexity index is 44.0. The Hall–Kier alpha value is 0.223. The Morgan fingerprint density at radius 2 is 1.75 bits per heavy atom. The van der Waals surface area contributed by atoms with Gasteiger partial charge in [0.05, 0.1) is 0 Å². The fraction of sp³-hybridized carbons (Fsp3) is 1.00. The predicted octanol–water partition coefficient (Wildman–Crippen LogP) is 0.283. The van der Waals surface area contributed by atoms with Gasteiger partial charge in [-0.25, -0.2) is 0 Å². The van der Waals surface area contributed by atoms with Gasteiger partial charge >= 0.3 is 33.3 Å². The third-order valence-corrected chi connectivity index (χ3v) is 0.964. The molecule has 0 aromatic heterocycles. The molecule has 0 amide bonds. The number of hydrogen-bond donors (Lipinski definition) is 0. The van der Waals surface area contributed by atoms with Crippen molar-refractivity contribution in [3.05, 3.63) is 0 Å². The van der Waals surface area contributed by atoms with Crippen molar-refractivity contribution in [3.8, 4) is 0 Å². The number of nitrogens with zero attached hydrogens (tertiary/aromatic N) is 2. The van der Waals surface area contributed by atoms with Gasteiger partial charge in [0.15, 0.2) is 0 Å². The quantitative estimate of drug-likeness (QED) is 0.397. The molecule has 0 saturated heterocycles. The van der Waals surface area contributed by atoms with Gasteiger partial charge in [0.2, 0.25) is 0 Å². The molecule has 1 aliphatic rings. The second kappa shape index (κ2) is 0.584. The average molecular weight is 106 g/mol. The van der Waals surface area contributed by atoms with E-state index >= 15 is 0 Å². The van der Waals surface area contributed by atoms with Gasteiger partial charge in [-0.05, 0) is 0 Å². The summed E-state index contributed by atoms with van der Waals surface area (Å²) in [6.07, 6.45) is 0. The molecule has 17 valence electrons. The van der Waals surface area contributed by atoms with Crippen LogP contribution in [-0.2, 0) is 18.3 Å². The van der Waals surface area contributed by atoms with Gasteiger partial charge in [-0.2, -0.15) is 0 Å². The van der Waals surface area contributed by atoms with E-state index in [1.54, 1.807) is 0 Å². The molecule has 0 atom stereocenters. The van der Waals surface area contributed by atoms with Crippen molar-refractivity contribution in [1.82, 2.24) is 0 Å². The Kier molecular flexibility index (Phi) is 0.359. The van der Waals surface area contributed by atoms with Crippen LogP contribution in [0.5, 0.6) is 0 Å². The number of hydrogen-bond acceptors (Lipinski definition) is 2.